The molecule has 3 aromatic rings. The summed E-state index contributed by atoms with van der Waals surface area (Å²) in [6.45, 7) is 6.41. The Kier molecular flexibility index (Phi) is 9.52. The largest absolute Gasteiger partial charge is 0.495 e. The smallest absolute Gasteiger partial charge is 0.243 e. The molecule has 0 aliphatic carbocycles. The molecule has 1 aromatic carbocycles. The molecule has 2 aliphatic heterocycles. The Morgan fingerprint density at radius 2 is 1.88 bits per heavy atom. The molecule has 2 aromatic heterocycles. The van der Waals surface area contributed by atoms with Crippen molar-refractivity contribution in [1.82, 2.24) is 25.2 Å². The van der Waals surface area contributed by atoms with Crippen LogP contribution in [-0.2, 0) is 9.53 Å². The number of methoxy groups -OCH3 is 2. The molecule has 2 aliphatic rings. The normalized spacial score (nSPS) is 21.0. The zero-order chi connectivity index (χ0) is 29.8. The van der Waals surface area contributed by atoms with Gasteiger partial charge in [-0.15, -0.1) is 0 Å². The summed E-state index contributed by atoms with van der Waals surface area (Å²) in [6, 6.07) is 3.27. The first-order chi connectivity index (χ1) is 20.3. The number of halogens is 2. The molecule has 2 fully saturated rings. The Morgan fingerprint density at radius 1 is 1.12 bits per heavy atom. The molecule has 42 heavy (non-hydrogen) atoms. The van der Waals surface area contributed by atoms with Crippen molar-refractivity contribution in [2.24, 2.45) is 0 Å². The van der Waals surface area contributed by atoms with E-state index in [0.29, 0.717) is 69.7 Å². The van der Waals surface area contributed by atoms with Gasteiger partial charge in [0.05, 0.1) is 48.6 Å². The summed E-state index contributed by atoms with van der Waals surface area (Å²) in [5.74, 6) is 1.58. The molecule has 13 heteroatoms. The van der Waals surface area contributed by atoms with Crippen LogP contribution in [0.5, 0.6) is 11.5 Å². The highest BCUT2D eigenvalue weighted by Gasteiger charge is 2.28. The number of carbonyl (C=O) groups is 1. The topological polar surface area (TPSA) is 123 Å². The number of fused-ring (bicyclic) bond motifs is 1. The van der Waals surface area contributed by atoms with Crippen molar-refractivity contribution >= 4 is 51.8 Å². The molecule has 1 unspecified atom stereocenters. The first-order valence-electron chi connectivity index (χ1n) is 13.8. The summed E-state index contributed by atoms with van der Waals surface area (Å²) < 4.78 is 16.7. The van der Waals surface area contributed by atoms with Gasteiger partial charge in [0, 0.05) is 42.4 Å². The van der Waals surface area contributed by atoms with Crippen LogP contribution in [0.2, 0.25) is 10.0 Å². The number of anilines is 2. The van der Waals surface area contributed by atoms with Crippen LogP contribution in [0, 0.1) is 0 Å². The average molecular weight is 617 g/mol. The van der Waals surface area contributed by atoms with Crippen LogP contribution >= 0.6 is 23.2 Å². The van der Waals surface area contributed by atoms with Gasteiger partial charge in [0.15, 0.2) is 5.82 Å². The maximum atomic E-state index is 12.0. The van der Waals surface area contributed by atoms with E-state index in [4.69, 9.17) is 47.4 Å². The lowest BCUT2D eigenvalue weighted by atomic mass is 10.0. The predicted octanol–water partition coefficient (Wildman–Crippen LogP) is 4.39. The number of piperidine rings is 1. The Labute approximate surface area is 254 Å². The number of hydrogen-bond donors (Lipinski definition) is 3. The number of aromatic nitrogens is 3. The van der Waals surface area contributed by atoms with Gasteiger partial charge in [-0.2, -0.15) is 0 Å². The zero-order valence-corrected chi connectivity index (χ0v) is 25.4. The van der Waals surface area contributed by atoms with E-state index in [1.54, 1.807) is 12.3 Å². The molecule has 0 spiro atoms. The standard InChI is InChI=1S/C29H35Cl2N7O4/c1-5-23(39)34-18-8-10-42-15-20(18)36-29-32-13-16-11-19(24-25(30)21(40-3)12-22(41-4)26(24)31)35-28(27(16)37-29)33-17-7-6-9-38(2)14-17/h5,11-13,17-18,20H,1,6-10,14-15H2,2-4H3,(H,33,35)(H,34,39)(H,32,36,37)/t17?,18-,20+/m0/s1. The summed E-state index contributed by atoms with van der Waals surface area (Å²) in [5, 5.41) is 11.3. The third-order valence-electron chi connectivity index (χ3n) is 7.54. The summed E-state index contributed by atoms with van der Waals surface area (Å²) in [4.78, 5) is 28.7. The average Bonchev–Trinajstić information content (AvgIpc) is 2.98. The van der Waals surface area contributed by atoms with E-state index in [0.717, 1.165) is 31.3 Å². The number of nitrogens with zero attached hydrogens (tertiary/aromatic N) is 4. The SMILES string of the molecule is C=CC(=O)N[C@H]1CCOC[C@H]1Nc1ncc2cc(-c3c(Cl)c(OC)cc(OC)c3Cl)nc(NC3CCCN(C)C3)c2n1. The van der Waals surface area contributed by atoms with Gasteiger partial charge in [0.1, 0.15) is 17.0 Å². The van der Waals surface area contributed by atoms with Crippen LogP contribution in [-0.4, -0.2) is 91.5 Å². The van der Waals surface area contributed by atoms with Gasteiger partial charge in [-0.1, -0.05) is 29.8 Å². The molecule has 0 radical (unpaired) electrons. The maximum Gasteiger partial charge on any atom is 0.243 e. The van der Waals surface area contributed by atoms with Crippen LogP contribution in [0.25, 0.3) is 22.2 Å². The van der Waals surface area contributed by atoms with E-state index >= 15 is 0 Å². The maximum absolute atomic E-state index is 12.0. The Bertz CT molecular complexity index is 1450. The fraction of sp³-hybridized carbons (Fsp3) is 0.448. The Balaban J connectivity index is 1.57. The monoisotopic (exact) mass is 615 g/mol. The molecule has 1 amide bonds. The second-order valence-corrected chi connectivity index (χ2v) is 11.2. The molecule has 0 saturated carbocycles. The second kappa shape index (κ2) is 13.3. The summed E-state index contributed by atoms with van der Waals surface area (Å²) >= 11 is 13.5. The van der Waals surface area contributed by atoms with Gasteiger partial charge in [0.2, 0.25) is 11.9 Å². The van der Waals surface area contributed by atoms with Crippen molar-refractivity contribution in [1.29, 1.82) is 0 Å². The number of carbonyl (C=O) groups excluding carboxylic acids is 1. The van der Waals surface area contributed by atoms with Crippen LogP contribution in [0.1, 0.15) is 19.3 Å². The fourth-order valence-corrected chi connectivity index (χ4v) is 6.08. The van der Waals surface area contributed by atoms with Gasteiger partial charge in [-0.05, 0) is 45.0 Å². The fourth-order valence-electron chi connectivity index (χ4n) is 5.39. The number of likely N-dealkylation sites (tertiary alicyclic amines) is 1. The lowest BCUT2D eigenvalue weighted by Gasteiger charge is -2.32. The van der Waals surface area contributed by atoms with E-state index in [1.807, 2.05) is 6.07 Å². The molecule has 0 bridgehead atoms. The van der Waals surface area contributed by atoms with Crippen molar-refractivity contribution in [3.8, 4) is 22.8 Å². The quantitative estimate of drug-likeness (QED) is 0.299. The molecule has 5 rings (SSSR count). The molecule has 3 atom stereocenters. The Hall–Kier alpha value is -3.38. The number of ether oxygens (including phenoxy) is 3. The highest BCUT2D eigenvalue weighted by atomic mass is 35.5. The molecule has 2 saturated heterocycles. The van der Waals surface area contributed by atoms with Crippen LogP contribution in [0.4, 0.5) is 11.8 Å². The summed E-state index contributed by atoms with van der Waals surface area (Å²) in [5.41, 5.74) is 1.65. The number of hydrogen-bond acceptors (Lipinski definition) is 10. The van der Waals surface area contributed by atoms with Crippen molar-refractivity contribution in [2.75, 3.05) is 58.2 Å². The van der Waals surface area contributed by atoms with Crippen LogP contribution < -0.4 is 25.4 Å². The van der Waals surface area contributed by atoms with E-state index in [-0.39, 0.29) is 24.0 Å². The predicted molar refractivity (Wildman–Crippen MR) is 165 cm³/mol. The summed E-state index contributed by atoms with van der Waals surface area (Å²) in [7, 11) is 5.17. The van der Waals surface area contributed by atoms with Crippen molar-refractivity contribution in [3.05, 3.63) is 41.0 Å². The molecular weight excluding hydrogens is 581 g/mol. The number of rotatable bonds is 9. The van der Waals surface area contributed by atoms with Crippen molar-refractivity contribution < 1.29 is 19.0 Å². The van der Waals surface area contributed by atoms with Crippen LogP contribution in [0.15, 0.2) is 31.0 Å². The van der Waals surface area contributed by atoms with Crippen LogP contribution in [0.3, 0.4) is 0 Å². The first kappa shape index (κ1) is 30.1. The Morgan fingerprint density at radius 3 is 2.57 bits per heavy atom. The lowest BCUT2D eigenvalue weighted by Crippen LogP contribution is -2.52. The van der Waals surface area contributed by atoms with Gasteiger partial charge < -0.3 is 35.1 Å². The third kappa shape index (κ3) is 6.49. The number of likely N-dealkylation sites (N-methyl/N-ethyl adjacent to an activating group) is 1. The molecule has 4 heterocycles. The van der Waals surface area contributed by atoms with E-state index in [1.165, 1.54) is 20.3 Å². The van der Waals surface area contributed by atoms with E-state index < -0.39 is 0 Å². The molecule has 3 N–H and O–H groups in total. The number of amides is 1. The minimum atomic E-state index is -0.236. The van der Waals surface area contributed by atoms with Crippen molar-refractivity contribution in [3.63, 3.8) is 0 Å². The van der Waals surface area contributed by atoms with E-state index in [9.17, 15) is 4.79 Å². The van der Waals surface area contributed by atoms with E-state index in [2.05, 4.69) is 39.5 Å². The summed E-state index contributed by atoms with van der Waals surface area (Å²) in [6.07, 6.45) is 5.71. The lowest BCUT2D eigenvalue weighted by molar-refractivity contribution is -0.117. The van der Waals surface area contributed by atoms with Gasteiger partial charge in [0.25, 0.3) is 0 Å². The van der Waals surface area contributed by atoms with Crippen molar-refractivity contribution in [2.45, 2.75) is 37.4 Å². The third-order valence-corrected chi connectivity index (χ3v) is 8.30. The number of nitrogens with one attached hydrogen (secondary N) is 3. The number of pyridine rings is 1. The highest BCUT2D eigenvalue weighted by molar-refractivity contribution is 6.41. The van der Waals surface area contributed by atoms with Gasteiger partial charge in [-0.3, -0.25) is 4.79 Å². The molecule has 11 nitrogen and oxygen atoms in total. The van der Waals surface area contributed by atoms with Gasteiger partial charge in [-0.25, -0.2) is 15.0 Å². The number of benzene rings is 1. The molecule has 224 valence electrons. The zero-order valence-electron chi connectivity index (χ0n) is 23.9. The molecular formula is C29H35Cl2N7O4. The van der Waals surface area contributed by atoms with Gasteiger partial charge >= 0.3 is 0 Å². The second-order valence-electron chi connectivity index (χ2n) is 10.5. The first-order valence-corrected chi connectivity index (χ1v) is 14.6. The minimum absolute atomic E-state index is 0.160. The highest BCUT2D eigenvalue weighted by Crippen LogP contribution is 2.46. The minimum Gasteiger partial charge on any atom is -0.495 e.